The van der Waals surface area contributed by atoms with Gasteiger partial charge >= 0.3 is 6.18 Å². The van der Waals surface area contributed by atoms with E-state index in [2.05, 4.69) is 4.98 Å². The summed E-state index contributed by atoms with van der Waals surface area (Å²) in [5, 5.41) is -2.97. The zero-order valence-electron chi connectivity index (χ0n) is 34.4. The number of thioether (sulfide) groups is 1. The molecule has 1 heterocycles. The molecule has 3 aromatic carbocycles. The summed E-state index contributed by atoms with van der Waals surface area (Å²) in [7, 11) is 101. The lowest BCUT2D eigenvalue weighted by Crippen LogP contribution is -2.57. The van der Waals surface area contributed by atoms with Gasteiger partial charge in [-0.15, -0.1) is 0 Å². The van der Waals surface area contributed by atoms with E-state index in [1.54, 1.807) is 0 Å². The fraction of sp³-hybridized carbons (Fsp3) is 0.361. The lowest BCUT2D eigenvalue weighted by Gasteiger charge is -2.40. The molecule has 0 saturated heterocycles. The molecule has 0 aliphatic heterocycles. The smallest absolute Gasteiger partial charge is 0.336 e. The van der Waals surface area contributed by atoms with Crippen molar-refractivity contribution in [1.29, 1.82) is 0 Å². The van der Waals surface area contributed by atoms with E-state index >= 15 is 4.79 Å². The van der Waals surface area contributed by atoms with Crippen LogP contribution in [0.2, 0.25) is 0 Å². The fourth-order valence-electron chi connectivity index (χ4n) is 7.72. The molecular formula is C36H22B16F4N4O2S. The molecule has 0 spiro atoms. The van der Waals surface area contributed by atoms with Crippen LogP contribution in [-0.4, -0.2) is 177 Å². The Morgan fingerprint density at radius 3 is 1.60 bits per heavy atom. The Bertz CT molecular complexity index is 2500. The van der Waals surface area contributed by atoms with Crippen LogP contribution >= 0.6 is 11.8 Å². The van der Waals surface area contributed by atoms with E-state index in [1.807, 2.05) is 18.7 Å². The molecule has 0 unspecified atom stereocenters. The standard InChI is InChI=1S/C36H22B16F4N4O2S/c1-3-58(4-2)8-9-59(10-12-18(37)20(39)14(21(40)19(12)38)15-22(41)26(45)17(36(54,55)56)27(46)23(15)42)32(62)34(49,50)60-13-7-5-6-11(13)31(61)57-33(60)63-35(51,52)16-24(43)28(47)30(53)29(48)25(16)44/h3-10H2,1-2H3. The lowest BCUT2D eigenvalue weighted by atomic mass is 9.55. The van der Waals surface area contributed by atoms with Gasteiger partial charge in [-0.2, -0.15) is 18.2 Å². The van der Waals surface area contributed by atoms with Gasteiger partial charge in [0.05, 0.1) is 15.7 Å². The zero-order valence-corrected chi connectivity index (χ0v) is 35.2. The number of benzene rings is 3. The number of amides is 1. The van der Waals surface area contributed by atoms with Gasteiger partial charge in [0, 0.05) is 41.8 Å². The van der Waals surface area contributed by atoms with Crippen molar-refractivity contribution >= 4 is 209 Å². The van der Waals surface area contributed by atoms with Crippen molar-refractivity contribution in [3.05, 3.63) is 44.1 Å². The topological polar surface area (TPSA) is 58.4 Å². The molecule has 27 heteroatoms. The lowest BCUT2D eigenvalue weighted by molar-refractivity contribution is -0.136. The van der Waals surface area contributed by atoms with E-state index in [9.17, 15) is 22.4 Å². The zero-order chi connectivity index (χ0) is 47.6. The number of fused-ring (bicyclic) bond motifs is 1. The van der Waals surface area contributed by atoms with Crippen molar-refractivity contribution in [2.75, 3.05) is 26.2 Å². The highest BCUT2D eigenvalue weighted by atomic mass is 32.2. The number of nitrogens with zero attached hydrogens (tertiary/aromatic N) is 4. The number of carbonyl (C=O) groups excluding carboxylic acids is 1. The second-order valence-corrected chi connectivity index (χ2v) is 16.3. The molecule has 63 heavy (non-hydrogen) atoms. The van der Waals surface area contributed by atoms with E-state index in [0.717, 1.165) is 4.57 Å². The minimum atomic E-state index is -5.04. The Morgan fingerprint density at radius 2 is 1.14 bits per heavy atom. The van der Waals surface area contributed by atoms with Crippen LogP contribution in [0.4, 0.5) is 17.6 Å². The van der Waals surface area contributed by atoms with Crippen LogP contribution in [-0.2, 0) is 40.2 Å². The number of aromatic nitrogens is 2. The molecule has 1 aliphatic rings. The second kappa shape index (κ2) is 18.8. The predicted molar refractivity (Wildman–Crippen MR) is 260 cm³/mol. The Morgan fingerprint density at radius 1 is 0.683 bits per heavy atom. The highest BCUT2D eigenvalue weighted by Crippen LogP contribution is 2.37. The first-order chi connectivity index (χ1) is 29.1. The molecular weight excluding hydrogens is 801 g/mol. The second-order valence-electron chi connectivity index (χ2n) is 15.0. The van der Waals surface area contributed by atoms with Gasteiger partial charge < -0.3 is 14.4 Å². The Balaban J connectivity index is 1.69. The van der Waals surface area contributed by atoms with Crippen LogP contribution in [0.1, 0.15) is 48.2 Å². The predicted octanol–water partition coefficient (Wildman–Crippen LogP) is -9.36. The van der Waals surface area contributed by atoms with Gasteiger partial charge in [-0.1, -0.05) is 96.7 Å². The number of rotatable bonds is 13. The molecule has 0 bridgehead atoms. The molecule has 6 nitrogen and oxygen atoms in total. The molecule has 280 valence electrons. The normalized spacial score (nSPS) is 13.1. The first-order valence-corrected chi connectivity index (χ1v) is 19.9. The van der Waals surface area contributed by atoms with Gasteiger partial charge in [-0.05, 0) is 53.6 Å². The van der Waals surface area contributed by atoms with Gasteiger partial charge in [0.1, 0.15) is 116 Å². The first-order valence-electron chi connectivity index (χ1n) is 19.1. The molecule has 0 atom stereocenters. The summed E-state index contributed by atoms with van der Waals surface area (Å²) < 4.78 is 55.4. The molecule has 5 rings (SSSR count). The Hall–Kier alpha value is -2.92. The van der Waals surface area contributed by atoms with Gasteiger partial charge in [-0.3, -0.25) is 9.59 Å². The summed E-state index contributed by atoms with van der Waals surface area (Å²) in [4.78, 5) is 35.9. The van der Waals surface area contributed by atoms with Crippen molar-refractivity contribution < 1.29 is 22.4 Å². The van der Waals surface area contributed by atoms with Gasteiger partial charge in [0.15, 0.2) is 5.16 Å². The maximum Gasteiger partial charge on any atom is 0.415 e. The molecule has 1 aromatic heterocycles. The Labute approximate surface area is 390 Å². The third-order valence-electron chi connectivity index (χ3n) is 11.2. The fourth-order valence-corrected chi connectivity index (χ4v) is 8.82. The summed E-state index contributed by atoms with van der Waals surface area (Å²) in [5.74, 6) is -2.09. The maximum absolute atomic E-state index is 15.1. The SMILES string of the molecule is [B]c1c([B])c(C([B])([B])Sc2nc(=O)c3c(n2C([B])([B])C(=O)N(CCN(CC)CC)Cc2c([B])c([B])c(-c4c([B])c([B])c(C(F)(F)F)c([B])c4[B])c([B])c2[B])CCC3)c([B])c([B])c1F. The van der Waals surface area contributed by atoms with Crippen LogP contribution < -0.4 is 71.1 Å². The molecule has 4 aromatic rings. The minimum absolute atomic E-state index is 0.0272. The Kier molecular flexibility index (Phi) is 15.2. The van der Waals surface area contributed by atoms with Crippen LogP contribution in [0.15, 0.2) is 9.95 Å². The molecule has 1 amide bonds. The summed E-state index contributed by atoms with van der Waals surface area (Å²) in [6, 6.07) is 0. The largest absolute Gasteiger partial charge is 0.415 e. The third-order valence-corrected chi connectivity index (χ3v) is 12.2. The van der Waals surface area contributed by atoms with Crippen molar-refractivity contribution in [3.63, 3.8) is 0 Å². The number of alkyl halides is 3. The average Bonchev–Trinajstić information content (AvgIpc) is 3.69. The van der Waals surface area contributed by atoms with Crippen LogP contribution in [0.5, 0.6) is 0 Å². The number of halogens is 4. The number of hydrogen-bond acceptors (Lipinski definition) is 5. The summed E-state index contributed by atoms with van der Waals surface area (Å²) in [5.41, 5.74) is -9.23. The van der Waals surface area contributed by atoms with Gasteiger partial charge in [0.25, 0.3) is 5.56 Å². The molecule has 0 N–H and O–H groups in total. The quantitative estimate of drug-likeness (QED) is 0.0582. The van der Waals surface area contributed by atoms with E-state index < -0.39 is 89.2 Å². The van der Waals surface area contributed by atoms with Crippen molar-refractivity contribution in [2.24, 2.45) is 0 Å². The van der Waals surface area contributed by atoms with Gasteiger partial charge in [-0.25, -0.2) is 4.39 Å². The van der Waals surface area contributed by atoms with Gasteiger partial charge in [0.2, 0.25) is 5.91 Å². The highest BCUT2D eigenvalue weighted by molar-refractivity contribution is 8.02. The van der Waals surface area contributed by atoms with E-state index in [1.165, 1.54) is 4.90 Å². The highest BCUT2D eigenvalue weighted by Gasteiger charge is 2.41. The summed E-state index contributed by atoms with van der Waals surface area (Å²) in [6.07, 6.45) is -4.13. The van der Waals surface area contributed by atoms with Crippen LogP contribution in [0.25, 0.3) is 11.1 Å². The van der Waals surface area contributed by atoms with Crippen LogP contribution in [0, 0.1) is 5.82 Å². The molecule has 32 radical (unpaired) electrons. The number of likely N-dealkylation sites (N-methyl/N-ethyl adjacent to an activating group) is 1. The summed E-state index contributed by atoms with van der Waals surface area (Å²) in [6.45, 7) is 4.61. The number of carbonyl (C=O) groups is 1. The maximum atomic E-state index is 15.1. The van der Waals surface area contributed by atoms with E-state index in [-0.39, 0.29) is 86.4 Å². The monoisotopic (exact) mass is 826 g/mol. The first kappa shape index (κ1) is 51.1. The minimum Gasteiger partial charge on any atom is -0.336 e. The molecule has 1 aliphatic carbocycles. The number of hydrogen-bond donors (Lipinski definition) is 0. The van der Waals surface area contributed by atoms with Crippen molar-refractivity contribution in [3.8, 4) is 11.1 Å². The molecule has 0 fully saturated rings. The van der Waals surface area contributed by atoms with E-state index in [0.29, 0.717) is 31.3 Å². The van der Waals surface area contributed by atoms with Crippen molar-refractivity contribution in [1.82, 2.24) is 19.4 Å². The third kappa shape index (κ3) is 9.14. The average molecular weight is 824 g/mol. The van der Waals surface area contributed by atoms with E-state index in [4.69, 9.17) is 126 Å². The van der Waals surface area contributed by atoms with Crippen LogP contribution in [0.3, 0.4) is 0 Å². The summed E-state index contributed by atoms with van der Waals surface area (Å²) >= 11 is 0.459. The molecule has 0 saturated carbocycles. The van der Waals surface area contributed by atoms with Crippen molar-refractivity contribution in [2.45, 2.75) is 60.9 Å².